The zero-order valence-corrected chi connectivity index (χ0v) is 18.0. The van der Waals surface area contributed by atoms with Crippen LogP contribution in [0.4, 0.5) is 18.0 Å². The number of amides is 2. The smallest absolute Gasteiger partial charge is 0.416 e. The van der Waals surface area contributed by atoms with Gasteiger partial charge in [-0.25, -0.2) is 14.4 Å². The number of hydrogen-bond donors (Lipinski definition) is 2. The number of hydrogen-bond acceptors (Lipinski definition) is 5. The molecule has 0 radical (unpaired) electrons. The Hall–Kier alpha value is -3.28. The maximum Gasteiger partial charge on any atom is 0.416 e. The topological polar surface area (TPSA) is 117 Å². The SMILES string of the molecule is CC1COCC(C)N1C(=O)N1CC(Oc2cccc(C(F)(F)F)c2)C1.O=C(O)/C=C/C(=O)O. The quantitative estimate of drug-likeness (QED) is 0.645. The highest BCUT2D eigenvalue weighted by molar-refractivity contribution is 5.89. The highest BCUT2D eigenvalue weighted by Gasteiger charge is 2.39. The number of nitrogens with zero attached hydrogens (tertiary/aromatic N) is 2. The van der Waals surface area contributed by atoms with Crippen LogP contribution in [-0.2, 0) is 20.5 Å². The average molecular weight is 474 g/mol. The summed E-state index contributed by atoms with van der Waals surface area (Å²) in [6.07, 6.45) is -3.58. The second-order valence-corrected chi connectivity index (χ2v) is 7.61. The van der Waals surface area contributed by atoms with Gasteiger partial charge in [-0.1, -0.05) is 6.07 Å². The molecule has 12 heteroatoms. The van der Waals surface area contributed by atoms with Crippen LogP contribution >= 0.6 is 0 Å². The second-order valence-electron chi connectivity index (χ2n) is 7.61. The minimum absolute atomic E-state index is 0.000291. The highest BCUT2D eigenvalue weighted by Crippen LogP contribution is 2.32. The number of alkyl halides is 3. The maximum atomic E-state index is 12.7. The monoisotopic (exact) mass is 474 g/mol. The molecule has 1 aromatic carbocycles. The summed E-state index contributed by atoms with van der Waals surface area (Å²) in [6, 6.07) is 4.72. The molecule has 2 aliphatic rings. The predicted molar refractivity (Wildman–Crippen MR) is 109 cm³/mol. The van der Waals surface area contributed by atoms with E-state index >= 15 is 0 Å². The molecule has 2 amide bonds. The largest absolute Gasteiger partial charge is 0.487 e. The Bertz CT molecular complexity index is 859. The summed E-state index contributed by atoms with van der Waals surface area (Å²) < 4.78 is 49.2. The molecule has 1 aromatic rings. The van der Waals surface area contributed by atoms with Crippen molar-refractivity contribution in [2.75, 3.05) is 26.3 Å². The number of aliphatic carboxylic acids is 2. The van der Waals surface area contributed by atoms with Gasteiger partial charge in [0.1, 0.15) is 11.9 Å². The molecular formula is C21H25F3N2O7. The molecule has 0 aliphatic carbocycles. The van der Waals surface area contributed by atoms with Crippen LogP contribution in [0.2, 0.25) is 0 Å². The Morgan fingerprint density at radius 1 is 1.06 bits per heavy atom. The first-order valence-corrected chi connectivity index (χ1v) is 10.0. The molecule has 182 valence electrons. The lowest BCUT2D eigenvalue weighted by Crippen LogP contribution is -2.64. The van der Waals surface area contributed by atoms with Gasteiger partial charge in [0.2, 0.25) is 0 Å². The van der Waals surface area contributed by atoms with Crippen LogP contribution in [0.1, 0.15) is 19.4 Å². The van der Waals surface area contributed by atoms with Crippen LogP contribution in [0.25, 0.3) is 0 Å². The molecular weight excluding hydrogens is 449 g/mol. The number of benzene rings is 1. The van der Waals surface area contributed by atoms with E-state index in [1.807, 2.05) is 13.8 Å². The molecule has 2 heterocycles. The number of likely N-dealkylation sites (tertiary alicyclic amines) is 1. The van der Waals surface area contributed by atoms with Crippen molar-refractivity contribution < 1.29 is 47.2 Å². The summed E-state index contributed by atoms with van der Waals surface area (Å²) in [5, 5.41) is 15.6. The Balaban J connectivity index is 0.000000414. The summed E-state index contributed by atoms with van der Waals surface area (Å²) in [6.45, 7) is 5.62. The van der Waals surface area contributed by atoms with E-state index in [1.165, 1.54) is 12.1 Å². The van der Waals surface area contributed by atoms with Gasteiger partial charge < -0.3 is 29.5 Å². The fourth-order valence-electron chi connectivity index (χ4n) is 3.29. The molecule has 2 fully saturated rings. The first-order valence-electron chi connectivity index (χ1n) is 10.0. The van der Waals surface area contributed by atoms with Crippen molar-refractivity contribution >= 4 is 18.0 Å². The molecule has 2 aliphatic heterocycles. The van der Waals surface area contributed by atoms with Gasteiger partial charge in [-0.3, -0.25) is 0 Å². The van der Waals surface area contributed by atoms with E-state index in [4.69, 9.17) is 19.7 Å². The van der Waals surface area contributed by atoms with Gasteiger partial charge in [0, 0.05) is 12.2 Å². The van der Waals surface area contributed by atoms with Crippen molar-refractivity contribution in [3.63, 3.8) is 0 Å². The molecule has 3 rings (SSSR count). The predicted octanol–water partition coefficient (Wildman–Crippen LogP) is 2.71. The molecule has 0 spiro atoms. The Morgan fingerprint density at radius 3 is 2.09 bits per heavy atom. The van der Waals surface area contributed by atoms with Gasteiger partial charge in [-0.15, -0.1) is 0 Å². The Labute approximate surface area is 188 Å². The Kier molecular flexibility index (Phi) is 8.69. The van der Waals surface area contributed by atoms with E-state index in [2.05, 4.69) is 0 Å². The van der Waals surface area contributed by atoms with E-state index in [0.29, 0.717) is 38.5 Å². The lowest BCUT2D eigenvalue weighted by atomic mass is 10.1. The fraction of sp³-hybridized carbons (Fsp3) is 0.476. The summed E-state index contributed by atoms with van der Waals surface area (Å²) in [5.74, 6) is -2.35. The van der Waals surface area contributed by atoms with Crippen LogP contribution in [-0.4, -0.2) is 82.5 Å². The van der Waals surface area contributed by atoms with Crippen molar-refractivity contribution in [2.45, 2.75) is 38.2 Å². The lowest BCUT2D eigenvalue weighted by molar-refractivity contribution is -0.137. The van der Waals surface area contributed by atoms with E-state index in [0.717, 1.165) is 12.1 Å². The third-order valence-electron chi connectivity index (χ3n) is 4.84. The Morgan fingerprint density at radius 2 is 1.61 bits per heavy atom. The normalized spacial score (nSPS) is 21.1. The molecule has 2 saturated heterocycles. The standard InChI is InChI=1S/C17H21F3N2O3.C4H4O4/c1-11-9-24-10-12(2)22(11)16(23)21-7-15(8-21)25-14-5-3-4-13(6-14)17(18,19)20;5-3(6)1-2-4(7)8/h3-6,11-12,15H,7-10H2,1-2H3;1-2H,(H,5,6)(H,7,8)/b;2-1+. The summed E-state index contributed by atoms with van der Waals surface area (Å²) >= 11 is 0. The second kappa shape index (κ2) is 11.0. The van der Waals surface area contributed by atoms with E-state index < -0.39 is 23.7 Å². The van der Waals surface area contributed by atoms with Crippen molar-refractivity contribution in [3.05, 3.63) is 42.0 Å². The van der Waals surface area contributed by atoms with Crippen molar-refractivity contribution in [2.24, 2.45) is 0 Å². The fourth-order valence-corrected chi connectivity index (χ4v) is 3.29. The number of ether oxygens (including phenoxy) is 2. The maximum absolute atomic E-state index is 12.7. The first-order chi connectivity index (χ1) is 15.4. The third-order valence-corrected chi connectivity index (χ3v) is 4.84. The molecule has 2 unspecified atom stereocenters. The van der Waals surface area contributed by atoms with Crippen molar-refractivity contribution in [1.82, 2.24) is 9.80 Å². The van der Waals surface area contributed by atoms with E-state index in [9.17, 15) is 27.6 Å². The van der Waals surface area contributed by atoms with Crippen LogP contribution in [0.15, 0.2) is 36.4 Å². The summed E-state index contributed by atoms with van der Waals surface area (Å²) in [5.41, 5.74) is -0.742. The minimum atomic E-state index is -4.40. The molecule has 0 aromatic heterocycles. The van der Waals surface area contributed by atoms with E-state index in [1.54, 1.807) is 9.80 Å². The lowest BCUT2D eigenvalue weighted by Gasteiger charge is -2.46. The van der Waals surface area contributed by atoms with Gasteiger partial charge >= 0.3 is 24.1 Å². The summed E-state index contributed by atoms with van der Waals surface area (Å²) in [7, 11) is 0. The molecule has 33 heavy (non-hydrogen) atoms. The van der Waals surface area contributed by atoms with Crippen molar-refractivity contribution in [3.8, 4) is 5.75 Å². The van der Waals surface area contributed by atoms with Gasteiger partial charge in [-0.2, -0.15) is 13.2 Å². The van der Waals surface area contributed by atoms with Crippen molar-refractivity contribution in [1.29, 1.82) is 0 Å². The molecule has 9 nitrogen and oxygen atoms in total. The molecule has 2 atom stereocenters. The minimum Gasteiger partial charge on any atom is -0.487 e. The molecule has 0 saturated carbocycles. The zero-order valence-electron chi connectivity index (χ0n) is 18.0. The number of rotatable bonds is 4. The van der Waals surface area contributed by atoms with Gasteiger partial charge in [-0.05, 0) is 32.0 Å². The molecule has 2 N–H and O–H groups in total. The van der Waals surface area contributed by atoms with Crippen LogP contribution in [0, 0.1) is 0 Å². The van der Waals surface area contributed by atoms with Crippen LogP contribution in [0.5, 0.6) is 5.75 Å². The van der Waals surface area contributed by atoms with Gasteiger partial charge in [0.25, 0.3) is 0 Å². The first kappa shape index (κ1) is 26.0. The van der Waals surface area contributed by atoms with Gasteiger partial charge in [0.15, 0.2) is 0 Å². The number of halogens is 3. The van der Waals surface area contributed by atoms with Gasteiger partial charge in [0.05, 0.1) is 44.0 Å². The zero-order chi connectivity index (χ0) is 24.8. The third kappa shape index (κ3) is 7.67. The molecule has 0 bridgehead atoms. The number of carboxylic acids is 2. The number of carbonyl (C=O) groups excluding carboxylic acids is 1. The highest BCUT2D eigenvalue weighted by atomic mass is 19.4. The van der Waals surface area contributed by atoms with Crippen LogP contribution in [0.3, 0.4) is 0 Å². The number of carbonyl (C=O) groups is 3. The summed E-state index contributed by atoms with van der Waals surface area (Å²) in [4.78, 5) is 35.1. The van der Waals surface area contributed by atoms with E-state index in [-0.39, 0.29) is 30.0 Å². The van der Waals surface area contributed by atoms with Crippen LogP contribution < -0.4 is 4.74 Å². The number of morpholine rings is 1. The number of carboxylic acid groups (broad SMARTS) is 2. The average Bonchev–Trinajstić information content (AvgIpc) is 2.68. The number of urea groups is 1.